The molecule has 2 atom stereocenters. The molecule has 1 aliphatic carbocycles. The van der Waals surface area contributed by atoms with Crippen molar-refractivity contribution in [1.82, 2.24) is 9.97 Å². The lowest BCUT2D eigenvalue weighted by atomic mass is 9.86. The topological polar surface area (TPSA) is 79.8 Å². The Morgan fingerprint density at radius 1 is 1.18 bits per heavy atom. The van der Waals surface area contributed by atoms with Crippen LogP contribution in [0.25, 0.3) is 0 Å². The second kappa shape index (κ2) is 7.82. The Morgan fingerprint density at radius 3 is 2.41 bits per heavy atom. The highest BCUT2D eigenvalue weighted by atomic mass is 16.5. The van der Waals surface area contributed by atoms with E-state index in [1.165, 1.54) is 14.2 Å². The number of ether oxygens (including phenoxy) is 4. The quantitative estimate of drug-likeness (QED) is 0.743. The molecule has 1 heterocycles. The molecule has 1 aromatic rings. The van der Waals surface area contributed by atoms with Gasteiger partial charge in [0.25, 0.3) is 0 Å². The summed E-state index contributed by atoms with van der Waals surface area (Å²) in [4.78, 5) is 20.3. The Labute approximate surface area is 129 Å². The molecule has 0 N–H and O–H groups in total. The van der Waals surface area contributed by atoms with E-state index >= 15 is 0 Å². The number of hydrogen-bond acceptors (Lipinski definition) is 7. The molecule has 1 saturated carbocycles. The summed E-state index contributed by atoms with van der Waals surface area (Å²) in [7, 11) is 3.02. The molecule has 22 heavy (non-hydrogen) atoms. The summed E-state index contributed by atoms with van der Waals surface area (Å²) in [6.45, 7) is 2.16. The van der Waals surface area contributed by atoms with Gasteiger partial charge < -0.3 is 18.9 Å². The first-order valence-corrected chi connectivity index (χ1v) is 7.48. The number of carbonyl (C=O) groups is 1. The number of aromatic nitrogens is 2. The molecule has 0 radical (unpaired) electrons. The van der Waals surface area contributed by atoms with Crippen molar-refractivity contribution >= 4 is 5.97 Å². The smallest absolute Gasteiger partial charge is 0.323 e. The third-order valence-corrected chi connectivity index (χ3v) is 3.63. The van der Waals surface area contributed by atoms with Crippen LogP contribution in [-0.4, -0.2) is 42.9 Å². The van der Waals surface area contributed by atoms with E-state index in [1.54, 1.807) is 13.0 Å². The van der Waals surface area contributed by atoms with Gasteiger partial charge in [0.15, 0.2) is 0 Å². The van der Waals surface area contributed by atoms with Gasteiger partial charge in [0.1, 0.15) is 6.10 Å². The first kappa shape index (κ1) is 16.3. The average molecular weight is 310 g/mol. The lowest BCUT2D eigenvalue weighted by molar-refractivity contribution is -0.153. The van der Waals surface area contributed by atoms with Crippen LogP contribution in [0.4, 0.5) is 0 Å². The van der Waals surface area contributed by atoms with E-state index in [0.717, 1.165) is 25.7 Å². The monoisotopic (exact) mass is 310 g/mol. The van der Waals surface area contributed by atoms with Crippen molar-refractivity contribution < 1.29 is 23.7 Å². The van der Waals surface area contributed by atoms with Crippen molar-refractivity contribution in [3.8, 4) is 17.8 Å². The van der Waals surface area contributed by atoms with Gasteiger partial charge in [0.05, 0.1) is 32.8 Å². The van der Waals surface area contributed by atoms with Crippen LogP contribution >= 0.6 is 0 Å². The highest BCUT2D eigenvalue weighted by molar-refractivity contribution is 5.73. The van der Waals surface area contributed by atoms with Crippen LogP contribution in [0, 0.1) is 5.92 Å². The Bertz CT molecular complexity index is 486. The number of carbonyl (C=O) groups excluding carboxylic acids is 1. The van der Waals surface area contributed by atoms with Crippen molar-refractivity contribution in [2.24, 2.45) is 5.92 Å². The van der Waals surface area contributed by atoms with E-state index in [4.69, 9.17) is 18.9 Å². The van der Waals surface area contributed by atoms with E-state index in [1.807, 2.05) is 0 Å². The molecule has 7 nitrogen and oxygen atoms in total. The maximum absolute atomic E-state index is 12.1. The van der Waals surface area contributed by atoms with Gasteiger partial charge in [-0.15, -0.1) is 0 Å². The second-order valence-electron chi connectivity index (χ2n) is 5.03. The number of methoxy groups -OCH3 is 2. The molecule has 1 aromatic heterocycles. The molecule has 122 valence electrons. The minimum Gasteiger partial charge on any atom is -0.481 e. The SMILES string of the molecule is CCOC(=O)C1CCCCC1Oc1nc(OC)cc(OC)n1. The molecule has 0 aromatic carbocycles. The molecular weight excluding hydrogens is 288 g/mol. The maximum Gasteiger partial charge on any atom is 0.323 e. The number of hydrogen-bond donors (Lipinski definition) is 0. The van der Waals surface area contributed by atoms with Crippen LogP contribution in [0.5, 0.6) is 17.8 Å². The lowest BCUT2D eigenvalue weighted by Crippen LogP contribution is -2.37. The summed E-state index contributed by atoms with van der Waals surface area (Å²) >= 11 is 0. The summed E-state index contributed by atoms with van der Waals surface area (Å²) in [5, 5.41) is 0. The fourth-order valence-corrected chi connectivity index (χ4v) is 2.54. The van der Waals surface area contributed by atoms with Crippen molar-refractivity contribution in [2.45, 2.75) is 38.7 Å². The van der Waals surface area contributed by atoms with Crippen LogP contribution in [0.15, 0.2) is 6.07 Å². The summed E-state index contributed by atoms with van der Waals surface area (Å²) < 4.78 is 21.2. The Hall–Kier alpha value is -2.05. The molecule has 0 saturated heterocycles. The number of nitrogens with zero attached hydrogens (tertiary/aromatic N) is 2. The molecule has 0 bridgehead atoms. The van der Waals surface area contributed by atoms with Crippen LogP contribution < -0.4 is 14.2 Å². The molecule has 1 fully saturated rings. The molecule has 0 amide bonds. The Morgan fingerprint density at radius 2 is 1.82 bits per heavy atom. The molecule has 7 heteroatoms. The fourth-order valence-electron chi connectivity index (χ4n) is 2.54. The van der Waals surface area contributed by atoms with Crippen LogP contribution in [0.2, 0.25) is 0 Å². The molecule has 2 unspecified atom stereocenters. The van der Waals surface area contributed by atoms with E-state index < -0.39 is 0 Å². The minimum absolute atomic E-state index is 0.150. The number of rotatable bonds is 6. The highest BCUT2D eigenvalue weighted by Gasteiger charge is 2.34. The summed E-state index contributed by atoms with van der Waals surface area (Å²) in [5.41, 5.74) is 0. The summed E-state index contributed by atoms with van der Waals surface area (Å²) in [6.07, 6.45) is 3.23. The summed E-state index contributed by atoms with van der Waals surface area (Å²) in [5.74, 6) is 0.201. The third kappa shape index (κ3) is 3.99. The van der Waals surface area contributed by atoms with Gasteiger partial charge in [0, 0.05) is 0 Å². The minimum atomic E-state index is -0.287. The third-order valence-electron chi connectivity index (χ3n) is 3.63. The molecule has 1 aliphatic rings. The van der Waals surface area contributed by atoms with Gasteiger partial charge in [-0.25, -0.2) is 0 Å². The van der Waals surface area contributed by atoms with Crippen molar-refractivity contribution in [3.63, 3.8) is 0 Å². The zero-order valence-corrected chi connectivity index (χ0v) is 13.2. The Kier molecular flexibility index (Phi) is 5.80. The van der Waals surface area contributed by atoms with Crippen molar-refractivity contribution in [2.75, 3.05) is 20.8 Å². The van der Waals surface area contributed by atoms with E-state index in [-0.39, 0.29) is 24.0 Å². The normalized spacial score (nSPS) is 21.0. The maximum atomic E-state index is 12.1. The van der Waals surface area contributed by atoms with Crippen LogP contribution in [0.3, 0.4) is 0 Å². The first-order valence-electron chi connectivity index (χ1n) is 7.48. The predicted molar refractivity (Wildman–Crippen MR) is 78.1 cm³/mol. The van der Waals surface area contributed by atoms with E-state index in [2.05, 4.69) is 9.97 Å². The predicted octanol–water partition coefficient (Wildman–Crippen LogP) is 1.99. The zero-order chi connectivity index (χ0) is 15.9. The zero-order valence-electron chi connectivity index (χ0n) is 13.2. The van der Waals surface area contributed by atoms with Gasteiger partial charge >= 0.3 is 12.0 Å². The van der Waals surface area contributed by atoms with Gasteiger partial charge in [0.2, 0.25) is 11.8 Å². The van der Waals surface area contributed by atoms with Crippen molar-refractivity contribution in [3.05, 3.63) is 6.07 Å². The molecule has 0 spiro atoms. The largest absolute Gasteiger partial charge is 0.481 e. The molecule has 0 aliphatic heterocycles. The average Bonchev–Trinajstić information content (AvgIpc) is 2.55. The Balaban J connectivity index is 2.14. The van der Waals surface area contributed by atoms with E-state index in [0.29, 0.717) is 18.4 Å². The van der Waals surface area contributed by atoms with Gasteiger partial charge in [-0.05, 0) is 26.2 Å². The van der Waals surface area contributed by atoms with Gasteiger partial charge in [-0.2, -0.15) is 9.97 Å². The molecular formula is C15H22N2O5. The van der Waals surface area contributed by atoms with Gasteiger partial charge in [-0.1, -0.05) is 6.42 Å². The summed E-state index contributed by atoms with van der Waals surface area (Å²) in [6, 6.07) is 1.72. The van der Waals surface area contributed by atoms with Crippen molar-refractivity contribution in [1.29, 1.82) is 0 Å². The van der Waals surface area contributed by atoms with Crippen LogP contribution in [-0.2, 0) is 9.53 Å². The molecule has 2 rings (SSSR count). The van der Waals surface area contributed by atoms with Crippen LogP contribution in [0.1, 0.15) is 32.6 Å². The lowest BCUT2D eigenvalue weighted by Gasteiger charge is -2.29. The standard InChI is InChI=1S/C15H22N2O5/c1-4-21-14(18)10-7-5-6-8-11(10)22-15-16-12(19-2)9-13(17-15)20-3/h9-11H,4-8H2,1-3H3. The second-order valence-corrected chi connectivity index (χ2v) is 5.03. The number of esters is 1. The fraction of sp³-hybridized carbons (Fsp3) is 0.667. The van der Waals surface area contributed by atoms with E-state index in [9.17, 15) is 4.79 Å². The van der Waals surface area contributed by atoms with Gasteiger partial charge in [-0.3, -0.25) is 4.79 Å². The first-order chi connectivity index (χ1) is 10.7. The highest BCUT2D eigenvalue weighted by Crippen LogP contribution is 2.29.